The number of nitrogens with zero attached hydrogens (tertiary/aromatic N) is 3. The minimum Gasteiger partial charge on any atom is -0.475 e. The Labute approximate surface area is 140 Å². The van der Waals surface area contributed by atoms with Gasteiger partial charge in [-0.25, -0.2) is 4.98 Å². The number of hydrogen-bond acceptors (Lipinski definition) is 6. The van der Waals surface area contributed by atoms with Crippen LogP contribution in [0, 0.1) is 0 Å². The fraction of sp³-hybridized carbons (Fsp3) is 0.667. The van der Waals surface area contributed by atoms with Gasteiger partial charge < -0.3 is 20.1 Å². The van der Waals surface area contributed by atoms with Crippen molar-refractivity contribution >= 4 is 23.3 Å². The molecular weight excluding hydrogens is 320 g/mol. The van der Waals surface area contributed by atoms with Gasteiger partial charge in [-0.1, -0.05) is 0 Å². The molecule has 0 unspecified atom stereocenters. The molecule has 2 fully saturated rings. The van der Waals surface area contributed by atoms with E-state index in [9.17, 15) is 9.90 Å². The molecule has 2 aliphatic heterocycles. The second kappa shape index (κ2) is 6.49. The van der Waals surface area contributed by atoms with Crippen molar-refractivity contribution < 1.29 is 14.6 Å². The lowest BCUT2D eigenvalue weighted by Crippen LogP contribution is -2.46. The Morgan fingerprint density at radius 3 is 3.09 bits per heavy atom. The highest BCUT2D eigenvalue weighted by Gasteiger charge is 2.29. The van der Waals surface area contributed by atoms with E-state index in [-0.39, 0.29) is 17.2 Å². The Morgan fingerprint density at radius 1 is 1.57 bits per heavy atom. The number of rotatable bonds is 4. The summed E-state index contributed by atoms with van der Waals surface area (Å²) in [6.45, 7) is 3.48. The molecule has 2 aliphatic rings. The maximum Gasteiger partial charge on any atom is 0.227 e. The lowest BCUT2D eigenvalue weighted by atomic mass is 9.95. The van der Waals surface area contributed by atoms with Crippen LogP contribution >= 0.6 is 11.6 Å². The van der Waals surface area contributed by atoms with E-state index in [1.807, 2.05) is 11.8 Å². The average molecular weight is 341 g/mol. The molecule has 0 aromatic carbocycles. The number of hydrogen-bond donors (Lipinski definition) is 2. The van der Waals surface area contributed by atoms with E-state index >= 15 is 0 Å². The van der Waals surface area contributed by atoms with Crippen molar-refractivity contribution in [3.8, 4) is 5.88 Å². The Balaban J connectivity index is 1.67. The van der Waals surface area contributed by atoms with Gasteiger partial charge >= 0.3 is 0 Å². The van der Waals surface area contributed by atoms with E-state index in [0.29, 0.717) is 31.3 Å². The molecule has 2 atom stereocenters. The molecule has 2 saturated heterocycles. The molecule has 0 spiro atoms. The zero-order valence-electron chi connectivity index (χ0n) is 13.1. The van der Waals surface area contributed by atoms with Crippen LogP contribution < -0.4 is 15.0 Å². The number of carbonyl (C=O) groups excluding carboxylic acids is 1. The minimum atomic E-state index is -0.731. The first kappa shape index (κ1) is 16.3. The third kappa shape index (κ3) is 4.23. The number of ether oxygens (including phenoxy) is 1. The SMILES string of the molecule is C[C@@]1(O)CCCN(c2cc(OC[C@@H]3CCC(=O)N3)nc(Cl)n2)C1. The maximum atomic E-state index is 11.2. The van der Waals surface area contributed by atoms with Crippen molar-refractivity contribution in [3.63, 3.8) is 0 Å². The van der Waals surface area contributed by atoms with Crippen molar-refractivity contribution in [2.75, 3.05) is 24.6 Å². The van der Waals surface area contributed by atoms with Crippen molar-refractivity contribution in [1.82, 2.24) is 15.3 Å². The highest BCUT2D eigenvalue weighted by atomic mass is 35.5. The molecule has 3 heterocycles. The van der Waals surface area contributed by atoms with E-state index in [4.69, 9.17) is 16.3 Å². The van der Waals surface area contributed by atoms with Crippen LogP contribution in [0.15, 0.2) is 6.07 Å². The zero-order chi connectivity index (χ0) is 16.4. The standard InChI is InChI=1S/C15H21ClN4O3/c1-15(22)5-2-6-20(9-15)11-7-13(19-14(16)18-11)23-8-10-3-4-12(21)17-10/h7,10,22H,2-6,8-9H2,1H3,(H,17,21)/t10-,15+/m0/s1. The topological polar surface area (TPSA) is 87.6 Å². The quantitative estimate of drug-likeness (QED) is 0.799. The van der Waals surface area contributed by atoms with Crippen LogP contribution in [0.1, 0.15) is 32.6 Å². The number of halogens is 1. The number of carbonyl (C=O) groups is 1. The molecule has 0 radical (unpaired) electrons. The average Bonchev–Trinajstić information content (AvgIpc) is 2.89. The zero-order valence-corrected chi connectivity index (χ0v) is 13.8. The van der Waals surface area contributed by atoms with E-state index in [2.05, 4.69) is 15.3 Å². The summed E-state index contributed by atoms with van der Waals surface area (Å²) in [4.78, 5) is 21.5. The van der Waals surface area contributed by atoms with E-state index < -0.39 is 5.60 Å². The molecule has 23 heavy (non-hydrogen) atoms. The van der Waals surface area contributed by atoms with Crippen LogP contribution in [-0.2, 0) is 4.79 Å². The second-order valence-electron chi connectivity index (χ2n) is 6.47. The first-order valence-corrected chi connectivity index (χ1v) is 8.23. The van der Waals surface area contributed by atoms with Crippen LogP contribution in [0.3, 0.4) is 0 Å². The number of amides is 1. The number of aliphatic hydroxyl groups is 1. The number of piperidine rings is 1. The van der Waals surface area contributed by atoms with Gasteiger partial charge in [0.1, 0.15) is 12.4 Å². The maximum absolute atomic E-state index is 11.2. The fourth-order valence-electron chi connectivity index (χ4n) is 3.03. The molecule has 1 amide bonds. The molecule has 0 aliphatic carbocycles. The van der Waals surface area contributed by atoms with Crippen LogP contribution in [0.2, 0.25) is 5.28 Å². The van der Waals surface area contributed by atoms with Crippen molar-refractivity contribution in [3.05, 3.63) is 11.3 Å². The lowest BCUT2D eigenvalue weighted by Gasteiger charge is -2.37. The Bertz CT molecular complexity index is 596. The van der Waals surface area contributed by atoms with E-state index in [1.54, 1.807) is 6.07 Å². The number of nitrogens with one attached hydrogen (secondary N) is 1. The summed E-state index contributed by atoms with van der Waals surface area (Å²) in [6.07, 6.45) is 2.96. The van der Waals surface area contributed by atoms with Gasteiger partial charge in [-0.05, 0) is 37.8 Å². The van der Waals surface area contributed by atoms with E-state index in [1.165, 1.54) is 0 Å². The largest absolute Gasteiger partial charge is 0.475 e. The molecule has 126 valence electrons. The van der Waals surface area contributed by atoms with Gasteiger partial charge in [0.15, 0.2) is 0 Å². The summed E-state index contributed by atoms with van der Waals surface area (Å²) < 4.78 is 5.66. The van der Waals surface area contributed by atoms with Gasteiger partial charge in [0.25, 0.3) is 0 Å². The first-order chi connectivity index (χ1) is 10.9. The summed E-state index contributed by atoms with van der Waals surface area (Å²) in [5.41, 5.74) is -0.731. The van der Waals surface area contributed by atoms with Crippen LogP contribution in [-0.4, -0.2) is 52.3 Å². The normalized spacial score (nSPS) is 27.9. The summed E-state index contributed by atoms with van der Waals surface area (Å²) in [5, 5.41) is 13.2. The Hall–Kier alpha value is -1.60. The third-order valence-corrected chi connectivity index (χ3v) is 4.35. The molecule has 7 nitrogen and oxygen atoms in total. The second-order valence-corrected chi connectivity index (χ2v) is 6.81. The van der Waals surface area contributed by atoms with Crippen LogP contribution in [0.25, 0.3) is 0 Å². The van der Waals surface area contributed by atoms with Gasteiger partial charge in [0.05, 0.1) is 11.6 Å². The molecular formula is C15H21ClN4O3. The Morgan fingerprint density at radius 2 is 2.39 bits per heavy atom. The molecule has 1 aromatic rings. The minimum absolute atomic E-state index is 0.00964. The third-order valence-electron chi connectivity index (χ3n) is 4.18. The highest BCUT2D eigenvalue weighted by molar-refractivity contribution is 6.28. The molecule has 0 saturated carbocycles. The van der Waals surface area contributed by atoms with Crippen molar-refractivity contribution in [1.29, 1.82) is 0 Å². The lowest BCUT2D eigenvalue weighted by molar-refractivity contribution is -0.119. The predicted octanol–water partition coefficient (Wildman–Crippen LogP) is 1.14. The Kier molecular flexibility index (Phi) is 4.59. The highest BCUT2D eigenvalue weighted by Crippen LogP contribution is 2.27. The van der Waals surface area contributed by atoms with Crippen molar-refractivity contribution in [2.45, 2.75) is 44.2 Å². The number of anilines is 1. The molecule has 1 aromatic heterocycles. The number of β-amino-alcohol motifs (C(OH)–C–C–N with tert-alkyl or cyclic N) is 1. The van der Waals surface area contributed by atoms with Crippen molar-refractivity contribution in [2.24, 2.45) is 0 Å². The smallest absolute Gasteiger partial charge is 0.227 e. The van der Waals surface area contributed by atoms with E-state index in [0.717, 1.165) is 25.8 Å². The first-order valence-electron chi connectivity index (χ1n) is 7.85. The molecule has 3 rings (SSSR count). The van der Waals surface area contributed by atoms with Crippen LogP contribution in [0.4, 0.5) is 5.82 Å². The van der Waals surface area contributed by atoms with Crippen LogP contribution in [0.5, 0.6) is 5.88 Å². The molecule has 2 N–H and O–H groups in total. The number of aromatic nitrogens is 2. The summed E-state index contributed by atoms with van der Waals surface area (Å²) in [7, 11) is 0. The predicted molar refractivity (Wildman–Crippen MR) is 85.8 cm³/mol. The summed E-state index contributed by atoms with van der Waals surface area (Å²) >= 11 is 6.00. The summed E-state index contributed by atoms with van der Waals surface area (Å²) in [5.74, 6) is 1.08. The summed E-state index contributed by atoms with van der Waals surface area (Å²) in [6, 6.07) is 1.74. The molecule has 8 heteroatoms. The van der Waals surface area contributed by atoms with Gasteiger partial charge in [-0.2, -0.15) is 4.98 Å². The molecule has 0 bridgehead atoms. The van der Waals surface area contributed by atoms with Gasteiger partial charge in [0.2, 0.25) is 17.1 Å². The van der Waals surface area contributed by atoms with Gasteiger partial charge in [-0.3, -0.25) is 4.79 Å². The van der Waals surface area contributed by atoms with Gasteiger partial charge in [0, 0.05) is 25.6 Å². The fourth-order valence-corrected chi connectivity index (χ4v) is 3.20. The van der Waals surface area contributed by atoms with Gasteiger partial charge in [-0.15, -0.1) is 0 Å². The monoisotopic (exact) mass is 340 g/mol.